The average molecular weight is 536 g/mol. The summed E-state index contributed by atoms with van der Waals surface area (Å²) in [6.45, 7) is 2.18. The summed E-state index contributed by atoms with van der Waals surface area (Å²) in [5, 5.41) is 2.21. The number of amidine groups is 1. The number of hydrogen-bond donors (Lipinski definition) is 1. The lowest BCUT2D eigenvalue weighted by atomic mass is 10.1. The van der Waals surface area contributed by atoms with E-state index in [1.165, 1.54) is 17.0 Å². The highest BCUT2D eigenvalue weighted by molar-refractivity contribution is 8.15. The van der Waals surface area contributed by atoms with Gasteiger partial charge in [-0.1, -0.05) is 36.0 Å². The number of thioether (sulfide) groups is 1. The SMILES string of the molecule is CCOC(=O)c1ccc(NC(=O)[C@@H]2CC(=O)N(Cc3ccc(OC)cc3)C(=Nc3ccccc3F)S2)cc1. The number of rotatable bonds is 8. The Bertz CT molecular complexity index is 1350. The van der Waals surface area contributed by atoms with Crippen molar-refractivity contribution in [1.82, 2.24) is 4.90 Å². The van der Waals surface area contributed by atoms with Gasteiger partial charge in [0.15, 0.2) is 5.17 Å². The number of carbonyl (C=O) groups excluding carboxylic acids is 3. The van der Waals surface area contributed by atoms with Crippen LogP contribution < -0.4 is 10.1 Å². The highest BCUT2D eigenvalue weighted by atomic mass is 32.2. The Morgan fingerprint density at radius 2 is 1.79 bits per heavy atom. The number of carbonyl (C=O) groups is 3. The number of para-hydroxylation sites is 1. The van der Waals surface area contributed by atoms with E-state index in [1.807, 2.05) is 12.1 Å². The van der Waals surface area contributed by atoms with Crippen molar-refractivity contribution in [3.8, 4) is 5.75 Å². The molecule has 1 fully saturated rings. The maximum Gasteiger partial charge on any atom is 0.338 e. The molecule has 38 heavy (non-hydrogen) atoms. The summed E-state index contributed by atoms with van der Waals surface area (Å²) in [5.74, 6) is -1.03. The van der Waals surface area contributed by atoms with Gasteiger partial charge in [-0.15, -0.1) is 0 Å². The molecule has 1 heterocycles. The van der Waals surface area contributed by atoms with Crippen LogP contribution in [0.4, 0.5) is 15.8 Å². The molecule has 0 radical (unpaired) electrons. The number of aliphatic imine (C=N–C) groups is 1. The first kappa shape index (κ1) is 26.9. The zero-order chi connectivity index (χ0) is 27.1. The van der Waals surface area contributed by atoms with Crippen LogP contribution in [0, 0.1) is 5.82 Å². The fraction of sp³-hybridized carbons (Fsp3) is 0.214. The third-order valence-corrected chi connectivity index (χ3v) is 6.85. The predicted octanol–water partition coefficient (Wildman–Crippen LogP) is 5.17. The topological polar surface area (TPSA) is 97.3 Å². The van der Waals surface area contributed by atoms with Crippen molar-refractivity contribution in [2.24, 2.45) is 4.99 Å². The van der Waals surface area contributed by atoms with E-state index in [9.17, 15) is 18.8 Å². The van der Waals surface area contributed by atoms with Crippen LogP contribution in [-0.2, 0) is 20.9 Å². The van der Waals surface area contributed by atoms with Crippen LogP contribution >= 0.6 is 11.8 Å². The third kappa shape index (κ3) is 6.57. The van der Waals surface area contributed by atoms with Crippen LogP contribution in [0.25, 0.3) is 0 Å². The number of esters is 1. The lowest BCUT2D eigenvalue weighted by molar-refractivity contribution is -0.129. The number of ether oxygens (including phenoxy) is 2. The van der Waals surface area contributed by atoms with Crippen molar-refractivity contribution in [3.05, 3.63) is 89.7 Å². The van der Waals surface area contributed by atoms with Crippen LogP contribution in [0.3, 0.4) is 0 Å². The predicted molar refractivity (Wildman–Crippen MR) is 144 cm³/mol. The van der Waals surface area contributed by atoms with Crippen LogP contribution in [0.15, 0.2) is 77.8 Å². The maximum absolute atomic E-state index is 14.4. The summed E-state index contributed by atoms with van der Waals surface area (Å²) < 4.78 is 24.6. The molecule has 4 rings (SSSR count). The molecule has 0 unspecified atom stereocenters. The number of nitrogens with one attached hydrogen (secondary N) is 1. The Labute approximate surface area is 223 Å². The fourth-order valence-corrected chi connectivity index (χ4v) is 4.77. The number of amides is 2. The van der Waals surface area contributed by atoms with E-state index in [0.717, 1.165) is 17.3 Å². The lowest BCUT2D eigenvalue weighted by Gasteiger charge is -2.32. The Kier molecular flexibility index (Phi) is 8.75. The molecule has 3 aromatic rings. The second kappa shape index (κ2) is 12.4. The Morgan fingerprint density at radius 3 is 2.45 bits per heavy atom. The molecule has 0 aromatic heterocycles. The van der Waals surface area contributed by atoms with Gasteiger partial charge in [0.25, 0.3) is 0 Å². The van der Waals surface area contributed by atoms with Gasteiger partial charge in [-0.3, -0.25) is 14.5 Å². The molecule has 0 saturated carbocycles. The first-order valence-electron chi connectivity index (χ1n) is 11.9. The van der Waals surface area contributed by atoms with Crippen LogP contribution in [0.1, 0.15) is 29.3 Å². The molecule has 1 atom stereocenters. The maximum atomic E-state index is 14.4. The van der Waals surface area contributed by atoms with E-state index in [4.69, 9.17) is 9.47 Å². The number of benzene rings is 3. The lowest BCUT2D eigenvalue weighted by Crippen LogP contribution is -2.44. The summed E-state index contributed by atoms with van der Waals surface area (Å²) in [4.78, 5) is 44.1. The third-order valence-electron chi connectivity index (χ3n) is 5.66. The van der Waals surface area contributed by atoms with Crippen LogP contribution in [-0.4, -0.2) is 46.8 Å². The summed E-state index contributed by atoms with van der Waals surface area (Å²) in [5.41, 5.74) is 1.72. The number of hydrogen-bond acceptors (Lipinski definition) is 7. The molecule has 0 aliphatic carbocycles. The molecule has 2 amide bonds. The molecule has 1 N–H and O–H groups in total. The highest BCUT2D eigenvalue weighted by Crippen LogP contribution is 2.32. The molecule has 1 aliphatic heterocycles. The number of halogens is 1. The van der Waals surface area contributed by atoms with Gasteiger partial charge in [-0.25, -0.2) is 14.2 Å². The Hall–Kier alpha value is -4.18. The molecule has 1 aliphatic rings. The number of methoxy groups -OCH3 is 1. The summed E-state index contributed by atoms with van der Waals surface area (Å²) in [7, 11) is 1.57. The van der Waals surface area contributed by atoms with Crippen LogP contribution in [0.2, 0.25) is 0 Å². The normalized spacial score (nSPS) is 16.3. The van der Waals surface area contributed by atoms with Crippen molar-refractivity contribution in [2.45, 2.75) is 25.1 Å². The van der Waals surface area contributed by atoms with E-state index < -0.39 is 22.9 Å². The van der Waals surface area contributed by atoms with E-state index in [-0.39, 0.29) is 36.3 Å². The second-order valence-electron chi connectivity index (χ2n) is 8.27. The summed E-state index contributed by atoms with van der Waals surface area (Å²) >= 11 is 1.09. The van der Waals surface area contributed by atoms with E-state index in [0.29, 0.717) is 17.0 Å². The molecule has 3 aromatic carbocycles. The van der Waals surface area contributed by atoms with Crippen LogP contribution in [0.5, 0.6) is 5.75 Å². The van der Waals surface area contributed by atoms with Gasteiger partial charge in [-0.05, 0) is 61.0 Å². The number of anilines is 1. The minimum atomic E-state index is -0.787. The molecular formula is C28H26FN3O5S. The molecule has 0 spiro atoms. The first-order valence-corrected chi connectivity index (χ1v) is 12.8. The second-order valence-corrected chi connectivity index (χ2v) is 9.44. The molecule has 1 saturated heterocycles. The molecular weight excluding hydrogens is 509 g/mol. The van der Waals surface area contributed by atoms with Gasteiger partial charge in [0.2, 0.25) is 11.8 Å². The molecule has 0 bridgehead atoms. The van der Waals surface area contributed by atoms with Crippen molar-refractivity contribution in [3.63, 3.8) is 0 Å². The minimum Gasteiger partial charge on any atom is -0.497 e. The van der Waals surface area contributed by atoms with E-state index in [1.54, 1.807) is 62.6 Å². The summed E-state index contributed by atoms with van der Waals surface area (Å²) in [6, 6.07) is 19.5. The van der Waals surface area contributed by atoms with E-state index in [2.05, 4.69) is 10.3 Å². The average Bonchev–Trinajstić information content (AvgIpc) is 2.92. The quantitative estimate of drug-likeness (QED) is 0.400. The van der Waals surface area contributed by atoms with Gasteiger partial charge in [0, 0.05) is 12.1 Å². The van der Waals surface area contributed by atoms with Gasteiger partial charge < -0.3 is 14.8 Å². The minimum absolute atomic E-state index is 0.0656. The van der Waals surface area contributed by atoms with Gasteiger partial charge in [0.05, 0.1) is 25.8 Å². The fourth-order valence-electron chi connectivity index (χ4n) is 3.68. The standard InChI is InChI=1S/C28H26FN3O5S/c1-3-37-27(35)19-10-12-20(13-11-19)30-26(34)24-16-25(33)32(17-18-8-14-21(36-2)15-9-18)28(38-24)31-23-7-5-4-6-22(23)29/h4-15,24H,3,16-17H2,1-2H3,(H,30,34)/t24-/m0/s1. The zero-order valence-electron chi connectivity index (χ0n) is 20.8. The highest BCUT2D eigenvalue weighted by Gasteiger charge is 2.36. The molecule has 196 valence electrons. The largest absolute Gasteiger partial charge is 0.497 e. The van der Waals surface area contributed by atoms with Crippen molar-refractivity contribution in [2.75, 3.05) is 19.0 Å². The monoisotopic (exact) mass is 535 g/mol. The van der Waals surface area contributed by atoms with Crippen molar-refractivity contribution >= 4 is 46.1 Å². The van der Waals surface area contributed by atoms with Gasteiger partial charge in [0.1, 0.15) is 22.5 Å². The zero-order valence-corrected chi connectivity index (χ0v) is 21.7. The van der Waals surface area contributed by atoms with Gasteiger partial charge in [-0.2, -0.15) is 0 Å². The molecule has 8 nitrogen and oxygen atoms in total. The van der Waals surface area contributed by atoms with Gasteiger partial charge >= 0.3 is 5.97 Å². The molecule has 10 heteroatoms. The number of nitrogens with zero attached hydrogens (tertiary/aromatic N) is 2. The Morgan fingerprint density at radius 1 is 1.08 bits per heavy atom. The van der Waals surface area contributed by atoms with E-state index >= 15 is 0 Å². The van der Waals surface area contributed by atoms with Crippen molar-refractivity contribution in [1.29, 1.82) is 0 Å². The smallest absolute Gasteiger partial charge is 0.338 e. The summed E-state index contributed by atoms with van der Waals surface area (Å²) in [6.07, 6.45) is -0.0656. The first-order chi connectivity index (χ1) is 18.4. The van der Waals surface area contributed by atoms with Crippen molar-refractivity contribution < 1.29 is 28.2 Å². The Balaban J connectivity index is 1.54.